The van der Waals surface area contributed by atoms with Crippen molar-refractivity contribution in [3.8, 4) is 6.07 Å². The first-order valence-electron chi connectivity index (χ1n) is 9.23. The quantitative estimate of drug-likeness (QED) is 0.673. The van der Waals surface area contributed by atoms with Gasteiger partial charge in [0, 0.05) is 18.2 Å². The molecule has 2 aliphatic rings. The second kappa shape index (κ2) is 7.70. The Kier molecular flexibility index (Phi) is 5.11. The van der Waals surface area contributed by atoms with Gasteiger partial charge in [0.1, 0.15) is 17.4 Å². The van der Waals surface area contributed by atoms with Gasteiger partial charge in [-0.3, -0.25) is 0 Å². The topological polar surface area (TPSA) is 120 Å². The number of aliphatic hydroxyl groups is 1. The van der Waals surface area contributed by atoms with E-state index < -0.39 is 4.87 Å². The molecule has 28 heavy (non-hydrogen) atoms. The van der Waals surface area contributed by atoms with Crippen molar-refractivity contribution >= 4 is 34.4 Å². The number of allylic oxidation sites excluding steroid dienone is 3. The Balaban J connectivity index is 1.54. The number of fused-ring (bicyclic) bond motifs is 1. The molecule has 0 bridgehead atoms. The van der Waals surface area contributed by atoms with Gasteiger partial charge in [-0.05, 0) is 37.8 Å². The molecule has 3 N–H and O–H groups in total. The lowest BCUT2D eigenvalue weighted by atomic mass is 9.93. The lowest BCUT2D eigenvalue weighted by Crippen LogP contribution is -2.28. The lowest BCUT2D eigenvalue weighted by molar-refractivity contribution is 0.126. The number of nitrogens with one attached hydrogen (secondary N) is 2. The Morgan fingerprint density at radius 2 is 2.04 bits per heavy atom. The predicted octanol–water partition coefficient (Wildman–Crippen LogP) is 2.89. The van der Waals surface area contributed by atoms with Crippen LogP contribution in [0.2, 0.25) is 0 Å². The lowest BCUT2D eigenvalue weighted by Gasteiger charge is -2.26. The minimum atomic E-state index is -0.994. The Morgan fingerprint density at radius 3 is 2.75 bits per heavy atom. The summed E-state index contributed by atoms with van der Waals surface area (Å²) < 4.78 is 0. The molecule has 0 amide bonds. The third-order valence-electron chi connectivity index (χ3n) is 5.00. The van der Waals surface area contributed by atoms with Crippen LogP contribution < -0.4 is 10.6 Å². The van der Waals surface area contributed by atoms with E-state index in [4.69, 9.17) is 16.9 Å². The third-order valence-corrected chi connectivity index (χ3v) is 5.37. The van der Waals surface area contributed by atoms with E-state index in [1.807, 2.05) is 6.08 Å². The van der Waals surface area contributed by atoms with Gasteiger partial charge >= 0.3 is 0 Å². The standard InChI is InChI=1S/C19H20ClN7O/c20-19(10-21)7-5-13(6-8-19)25-17-16-15(23-11-24-17)9-22-18(27-16)26-12-1-3-14(28)4-2-12/h5-7,9,11-12,14,28H,1-4,8H2,(H,22,26,27)(H,23,24,25). The summed E-state index contributed by atoms with van der Waals surface area (Å²) in [6.45, 7) is 0. The first-order valence-corrected chi connectivity index (χ1v) is 9.61. The van der Waals surface area contributed by atoms with Gasteiger partial charge in [0.25, 0.3) is 0 Å². The second-order valence-electron chi connectivity index (χ2n) is 7.10. The molecule has 1 fully saturated rings. The second-order valence-corrected chi connectivity index (χ2v) is 7.77. The maximum atomic E-state index is 9.65. The van der Waals surface area contributed by atoms with Crippen molar-refractivity contribution in [2.45, 2.75) is 49.1 Å². The highest BCUT2D eigenvalue weighted by molar-refractivity contribution is 6.27. The third kappa shape index (κ3) is 4.06. The summed E-state index contributed by atoms with van der Waals surface area (Å²) in [5, 5.41) is 25.3. The fraction of sp³-hybridized carbons (Fsp3) is 0.421. The first-order chi connectivity index (χ1) is 13.5. The van der Waals surface area contributed by atoms with Crippen LogP contribution in [0, 0.1) is 11.3 Å². The highest BCUT2D eigenvalue weighted by atomic mass is 35.5. The van der Waals surface area contributed by atoms with E-state index in [0.29, 0.717) is 29.2 Å². The highest BCUT2D eigenvalue weighted by Gasteiger charge is 2.25. The van der Waals surface area contributed by atoms with Crippen LogP contribution in [0.1, 0.15) is 32.1 Å². The molecule has 0 aliphatic heterocycles. The molecule has 2 heterocycles. The molecule has 2 aliphatic carbocycles. The summed E-state index contributed by atoms with van der Waals surface area (Å²) in [5.41, 5.74) is 2.03. The number of nitrogens with zero attached hydrogens (tertiary/aromatic N) is 5. The predicted molar refractivity (Wildman–Crippen MR) is 107 cm³/mol. The average Bonchev–Trinajstić information content (AvgIpc) is 2.72. The van der Waals surface area contributed by atoms with Gasteiger partial charge in [-0.15, -0.1) is 0 Å². The van der Waals surface area contributed by atoms with Crippen molar-refractivity contribution in [1.82, 2.24) is 19.9 Å². The van der Waals surface area contributed by atoms with Crippen molar-refractivity contribution in [3.05, 3.63) is 36.4 Å². The molecule has 2 aromatic rings. The van der Waals surface area contributed by atoms with Crippen LogP contribution in [0.5, 0.6) is 0 Å². The average molecular weight is 398 g/mol. The van der Waals surface area contributed by atoms with E-state index in [0.717, 1.165) is 31.4 Å². The molecule has 1 atom stereocenters. The number of hydrogen-bond acceptors (Lipinski definition) is 8. The molecular formula is C19H20ClN7O. The minimum Gasteiger partial charge on any atom is -0.393 e. The van der Waals surface area contributed by atoms with Crippen LogP contribution in [-0.4, -0.2) is 42.1 Å². The number of aliphatic hydroxyl groups excluding tert-OH is 1. The molecule has 1 unspecified atom stereocenters. The zero-order valence-electron chi connectivity index (χ0n) is 15.1. The van der Waals surface area contributed by atoms with E-state index in [1.165, 1.54) is 6.33 Å². The SMILES string of the molecule is N#CC1(Cl)C=CC(Nc2ncnc3cnc(NC4CCC(O)CC4)nc23)=CC1. The van der Waals surface area contributed by atoms with Gasteiger partial charge in [0.15, 0.2) is 10.7 Å². The number of rotatable bonds is 4. The van der Waals surface area contributed by atoms with Crippen molar-refractivity contribution in [2.75, 3.05) is 10.6 Å². The molecule has 0 saturated heterocycles. The van der Waals surface area contributed by atoms with Crippen LogP contribution in [0.4, 0.5) is 11.8 Å². The summed E-state index contributed by atoms with van der Waals surface area (Å²) >= 11 is 6.15. The summed E-state index contributed by atoms with van der Waals surface area (Å²) in [6, 6.07) is 2.32. The van der Waals surface area contributed by atoms with E-state index >= 15 is 0 Å². The molecule has 0 radical (unpaired) electrons. The van der Waals surface area contributed by atoms with Crippen molar-refractivity contribution in [1.29, 1.82) is 5.26 Å². The molecule has 4 rings (SSSR count). The van der Waals surface area contributed by atoms with Crippen molar-refractivity contribution < 1.29 is 5.11 Å². The molecule has 9 heteroatoms. The zero-order valence-corrected chi connectivity index (χ0v) is 15.9. The molecule has 8 nitrogen and oxygen atoms in total. The van der Waals surface area contributed by atoms with E-state index in [1.54, 1.807) is 18.3 Å². The minimum absolute atomic E-state index is 0.204. The maximum absolute atomic E-state index is 9.65. The van der Waals surface area contributed by atoms with Gasteiger partial charge in [-0.1, -0.05) is 17.7 Å². The van der Waals surface area contributed by atoms with Gasteiger partial charge in [0.2, 0.25) is 5.95 Å². The van der Waals surface area contributed by atoms with Crippen LogP contribution in [0.25, 0.3) is 11.0 Å². The summed E-state index contributed by atoms with van der Waals surface area (Å²) in [4.78, 5) is 16.5. The van der Waals surface area contributed by atoms with Gasteiger partial charge in [-0.2, -0.15) is 5.26 Å². The van der Waals surface area contributed by atoms with Gasteiger partial charge in [-0.25, -0.2) is 19.9 Å². The van der Waals surface area contributed by atoms with Crippen molar-refractivity contribution in [2.24, 2.45) is 0 Å². The smallest absolute Gasteiger partial charge is 0.223 e. The Bertz CT molecular complexity index is 978. The number of alkyl halides is 1. The number of halogens is 1. The fourth-order valence-corrected chi connectivity index (χ4v) is 3.49. The summed E-state index contributed by atoms with van der Waals surface area (Å²) in [5.74, 6) is 1.08. The Labute approximate surface area is 167 Å². The normalized spacial score (nSPS) is 27.1. The molecular weight excluding hydrogens is 378 g/mol. The molecule has 0 aromatic carbocycles. The van der Waals surface area contributed by atoms with Crippen LogP contribution in [0.3, 0.4) is 0 Å². The number of hydrogen-bond donors (Lipinski definition) is 3. The van der Waals surface area contributed by atoms with Crippen LogP contribution in [-0.2, 0) is 0 Å². The number of anilines is 2. The summed E-state index contributed by atoms with van der Waals surface area (Å²) in [6.07, 6.45) is 12.0. The zero-order chi connectivity index (χ0) is 19.6. The van der Waals surface area contributed by atoms with Crippen LogP contribution in [0.15, 0.2) is 36.4 Å². The Hall–Kier alpha value is -2.76. The van der Waals surface area contributed by atoms with Gasteiger partial charge < -0.3 is 15.7 Å². The van der Waals surface area contributed by atoms with Crippen LogP contribution >= 0.6 is 11.6 Å². The monoisotopic (exact) mass is 397 g/mol. The van der Waals surface area contributed by atoms with Crippen molar-refractivity contribution in [3.63, 3.8) is 0 Å². The number of nitriles is 1. The largest absolute Gasteiger partial charge is 0.393 e. The molecule has 1 saturated carbocycles. The van der Waals surface area contributed by atoms with E-state index in [-0.39, 0.29) is 12.1 Å². The number of aromatic nitrogens is 4. The first kappa shape index (κ1) is 18.6. The fourth-order valence-electron chi connectivity index (χ4n) is 3.35. The molecule has 144 valence electrons. The molecule has 0 spiro atoms. The maximum Gasteiger partial charge on any atom is 0.223 e. The Morgan fingerprint density at radius 1 is 1.21 bits per heavy atom. The van der Waals surface area contributed by atoms with E-state index in [9.17, 15) is 5.11 Å². The molecule has 2 aromatic heterocycles. The summed E-state index contributed by atoms with van der Waals surface area (Å²) in [7, 11) is 0. The van der Waals surface area contributed by atoms with E-state index in [2.05, 4.69) is 36.6 Å². The highest BCUT2D eigenvalue weighted by Crippen LogP contribution is 2.28. The van der Waals surface area contributed by atoms with Gasteiger partial charge in [0.05, 0.1) is 18.4 Å².